The molecule has 2 aliphatic rings. The molecule has 26 heavy (non-hydrogen) atoms. The molecule has 3 unspecified atom stereocenters. The summed E-state index contributed by atoms with van der Waals surface area (Å²) in [5.41, 5.74) is 2.86. The second-order valence-corrected chi connectivity index (χ2v) is 8.16. The van der Waals surface area contributed by atoms with E-state index in [0.29, 0.717) is 19.5 Å². The van der Waals surface area contributed by atoms with E-state index < -0.39 is 11.7 Å². The van der Waals surface area contributed by atoms with Crippen molar-refractivity contribution < 1.29 is 14.6 Å². The minimum Gasteiger partial charge on any atom is -0.444 e. The van der Waals surface area contributed by atoms with Crippen molar-refractivity contribution in [1.82, 2.24) is 14.5 Å². The number of aliphatic hydroxyl groups excluding tert-OH is 1. The first kappa shape index (κ1) is 17.1. The molecule has 0 aliphatic carbocycles. The van der Waals surface area contributed by atoms with Crippen molar-refractivity contribution in [3.8, 4) is 11.3 Å². The number of aromatic nitrogens is 2. The van der Waals surface area contributed by atoms with Gasteiger partial charge in [-0.15, -0.1) is 0 Å². The van der Waals surface area contributed by atoms with Gasteiger partial charge >= 0.3 is 6.09 Å². The topological polar surface area (TPSA) is 67.6 Å². The Bertz CT molecular complexity index is 824. The summed E-state index contributed by atoms with van der Waals surface area (Å²) in [5.74, 6) is -0.104. The molecule has 4 rings (SSSR count). The molecule has 1 saturated heterocycles. The summed E-state index contributed by atoms with van der Waals surface area (Å²) in [6.45, 7) is 6.58. The van der Waals surface area contributed by atoms with Gasteiger partial charge in [0.1, 0.15) is 5.60 Å². The Morgan fingerprint density at radius 1 is 1.31 bits per heavy atom. The van der Waals surface area contributed by atoms with Crippen LogP contribution in [0.4, 0.5) is 4.79 Å². The van der Waals surface area contributed by atoms with Crippen LogP contribution >= 0.6 is 0 Å². The predicted octanol–water partition coefficient (Wildman–Crippen LogP) is 3.07. The molecule has 1 aromatic carbocycles. The minimum absolute atomic E-state index is 0.0241. The molecule has 0 radical (unpaired) electrons. The van der Waals surface area contributed by atoms with Crippen LogP contribution in [0.15, 0.2) is 36.8 Å². The van der Waals surface area contributed by atoms with Gasteiger partial charge in [0.05, 0.1) is 30.4 Å². The number of nitrogens with zero attached hydrogens (tertiary/aromatic N) is 3. The predicted molar refractivity (Wildman–Crippen MR) is 97.7 cm³/mol. The Kier molecular flexibility index (Phi) is 4.03. The van der Waals surface area contributed by atoms with Crippen molar-refractivity contribution in [2.45, 2.75) is 44.9 Å². The number of likely N-dealkylation sites (tertiary alicyclic amines) is 1. The van der Waals surface area contributed by atoms with Crippen LogP contribution < -0.4 is 0 Å². The number of amides is 1. The summed E-state index contributed by atoms with van der Waals surface area (Å²) in [5, 5.41) is 10.7. The first-order valence-electron chi connectivity index (χ1n) is 9.12. The van der Waals surface area contributed by atoms with Crippen LogP contribution in [0.2, 0.25) is 0 Å². The average Bonchev–Trinajstić information content (AvgIpc) is 3.14. The number of carbonyl (C=O) groups is 1. The zero-order valence-electron chi connectivity index (χ0n) is 15.4. The Morgan fingerprint density at radius 3 is 2.85 bits per heavy atom. The lowest BCUT2D eigenvalue weighted by atomic mass is 9.84. The third kappa shape index (κ3) is 2.88. The standard InChI is InChI=1S/C20H25N3O3/c1-20(2,3)26-19(25)22-9-8-17(24)15(11-22)18-14-7-5-4-6-13(14)16-10-21-12-23(16)18/h4-7,10,12,15,17-18,24H,8-9,11H2,1-3H3. The number of benzene rings is 1. The molecule has 2 aliphatic heterocycles. The van der Waals surface area contributed by atoms with Gasteiger partial charge in [-0.2, -0.15) is 0 Å². The highest BCUT2D eigenvalue weighted by atomic mass is 16.6. The number of ether oxygens (including phenoxy) is 1. The fraction of sp³-hybridized carbons (Fsp3) is 0.500. The first-order chi connectivity index (χ1) is 12.3. The second kappa shape index (κ2) is 6.13. The van der Waals surface area contributed by atoms with Gasteiger partial charge in [-0.25, -0.2) is 9.78 Å². The van der Waals surface area contributed by atoms with Gasteiger partial charge in [-0.3, -0.25) is 0 Å². The number of rotatable bonds is 1. The fourth-order valence-corrected chi connectivity index (χ4v) is 4.08. The van der Waals surface area contributed by atoms with Gasteiger partial charge in [0.2, 0.25) is 0 Å². The van der Waals surface area contributed by atoms with Crippen molar-refractivity contribution in [2.24, 2.45) is 5.92 Å². The van der Waals surface area contributed by atoms with Gasteiger partial charge in [-0.1, -0.05) is 24.3 Å². The number of hydrogen-bond acceptors (Lipinski definition) is 4. The average molecular weight is 355 g/mol. The molecular formula is C20H25N3O3. The van der Waals surface area contributed by atoms with Crippen LogP contribution in [0.3, 0.4) is 0 Å². The molecule has 1 N–H and O–H groups in total. The highest BCUT2D eigenvalue weighted by Gasteiger charge is 2.42. The quantitative estimate of drug-likeness (QED) is 0.854. The van der Waals surface area contributed by atoms with Crippen LogP contribution in [-0.2, 0) is 4.74 Å². The molecule has 1 aromatic heterocycles. The monoisotopic (exact) mass is 355 g/mol. The number of piperidine rings is 1. The molecule has 6 nitrogen and oxygen atoms in total. The Balaban J connectivity index is 1.64. The van der Waals surface area contributed by atoms with E-state index >= 15 is 0 Å². The van der Waals surface area contributed by atoms with E-state index in [1.165, 1.54) is 5.56 Å². The molecule has 1 amide bonds. The molecule has 6 heteroatoms. The van der Waals surface area contributed by atoms with Crippen molar-refractivity contribution in [2.75, 3.05) is 13.1 Å². The number of carbonyl (C=O) groups excluding carboxylic acids is 1. The summed E-state index contributed by atoms with van der Waals surface area (Å²) in [6.07, 6.45) is 3.44. The van der Waals surface area contributed by atoms with Crippen molar-refractivity contribution in [3.63, 3.8) is 0 Å². The summed E-state index contributed by atoms with van der Waals surface area (Å²) in [6, 6.07) is 8.20. The van der Waals surface area contributed by atoms with Gasteiger partial charge in [0, 0.05) is 24.6 Å². The zero-order valence-corrected chi connectivity index (χ0v) is 15.4. The largest absolute Gasteiger partial charge is 0.444 e. The maximum Gasteiger partial charge on any atom is 0.410 e. The highest BCUT2D eigenvalue weighted by molar-refractivity contribution is 5.70. The third-order valence-corrected chi connectivity index (χ3v) is 5.20. The number of hydrogen-bond donors (Lipinski definition) is 1. The summed E-state index contributed by atoms with van der Waals surface area (Å²) in [7, 11) is 0. The molecule has 0 bridgehead atoms. The maximum absolute atomic E-state index is 12.5. The third-order valence-electron chi connectivity index (χ3n) is 5.20. The van der Waals surface area contributed by atoms with Crippen LogP contribution in [0.1, 0.15) is 38.8 Å². The molecule has 0 spiro atoms. The van der Waals surface area contributed by atoms with E-state index in [4.69, 9.17) is 4.74 Å². The fourth-order valence-electron chi connectivity index (χ4n) is 4.08. The highest BCUT2D eigenvalue weighted by Crippen LogP contribution is 2.45. The molecule has 3 atom stereocenters. The van der Waals surface area contributed by atoms with E-state index in [1.807, 2.05) is 45.4 Å². The van der Waals surface area contributed by atoms with Gasteiger partial charge in [0.25, 0.3) is 0 Å². The van der Waals surface area contributed by atoms with E-state index in [1.54, 1.807) is 4.90 Å². The maximum atomic E-state index is 12.5. The van der Waals surface area contributed by atoms with Crippen LogP contribution in [0.5, 0.6) is 0 Å². The summed E-state index contributed by atoms with van der Waals surface area (Å²) < 4.78 is 7.66. The van der Waals surface area contributed by atoms with E-state index in [2.05, 4.69) is 21.7 Å². The Morgan fingerprint density at radius 2 is 2.08 bits per heavy atom. The molecule has 0 saturated carbocycles. The Hall–Kier alpha value is -2.34. The first-order valence-corrected chi connectivity index (χ1v) is 9.12. The molecule has 2 aromatic rings. The smallest absolute Gasteiger partial charge is 0.410 e. The van der Waals surface area contributed by atoms with Gasteiger partial charge in [-0.05, 0) is 32.8 Å². The zero-order chi connectivity index (χ0) is 18.5. The van der Waals surface area contributed by atoms with E-state index in [9.17, 15) is 9.90 Å². The van der Waals surface area contributed by atoms with Crippen LogP contribution in [0.25, 0.3) is 11.3 Å². The molecule has 3 heterocycles. The van der Waals surface area contributed by atoms with Crippen molar-refractivity contribution in [1.29, 1.82) is 0 Å². The van der Waals surface area contributed by atoms with Crippen molar-refractivity contribution in [3.05, 3.63) is 42.4 Å². The lowest BCUT2D eigenvalue weighted by Gasteiger charge is -2.40. The Labute approximate surface area is 153 Å². The van der Waals surface area contributed by atoms with Crippen molar-refractivity contribution >= 4 is 6.09 Å². The normalized spacial score (nSPS) is 24.9. The molecule has 1 fully saturated rings. The van der Waals surface area contributed by atoms with E-state index in [0.717, 1.165) is 11.3 Å². The SMILES string of the molecule is CC(C)(C)OC(=O)N1CCC(O)C(C2c3ccccc3-c3cncn32)C1. The summed E-state index contributed by atoms with van der Waals surface area (Å²) >= 11 is 0. The minimum atomic E-state index is -0.528. The lowest BCUT2D eigenvalue weighted by Crippen LogP contribution is -2.49. The van der Waals surface area contributed by atoms with Crippen LogP contribution in [-0.4, -0.2) is 50.4 Å². The number of aliphatic hydroxyl groups is 1. The molecular weight excluding hydrogens is 330 g/mol. The lowest BCUT2D eigenvalue weighted by molar-refractivity contribution is -0.0158. The van der Waals surface area contributed by atoms with Crippen LogP contribution in [0, 0.1) is 5.92 Å². The number of imidazole rings is 1. The van der Waals surface area contributed by atoms with E-state index in [-0.39, 0.29) is 18.1 Å². The summed E-state index contributed by atoms with van der Waals surface area (Å²) in [4.78, 5) is 18.5. The van der Waals surface area contributed by atoms with Gasteiger partial charge in [0.15, 0.2) is 0 Å². The number of fused-ring (bicyclic) bond motifs is 3. The van der Waals surface area contributed by atoms with Gasteiger partial charge < -0.3 is 19.3 Å². The second-order valence-electron chi connectivity index (χ2n) is 8.16. The molecule has 138 valence electrons.